The summed E-state index contributed by atoms with van der Waals surface area (Å²) in [6, 6.07) is 7.91. The Balaban J connectivity index is 1.83. The third-order valence-corrected chi connectivity index (χ3v) is 3.60. The van der Waals surface area contributed by atoms with Crippen molar-refractivity contribution in [3.05, 3.63) is 29.8 Å². The molecule has 2 atom stereocenters. The number of aromatic carboxylic acids is 1. The number of anilines is 1. The fourth-order valence-electron chi connectivity index (χ4n) is 2.60. The van der Waals surface area contributed by atoms with Gasteiger partial charge in [-0.2, -0.15) is 0 Å². The molecule has 0 saturated carbocycles. The molecular formula is C15H22N2O2. The summed E-state index contributed by atoms with van der Waals surface area (Å²) in [7, 11) is 0. The average molecular weight is 262 g/mol. The van der Waals surface area contributed by atoms with Crippen LogP contribution in [0.4, 0.5) is 5.69 Å². The first-order valence-electron chi connectivity index (χ1n) is 6.98. The van der Waals surface area contributed by atoms with Crippen LogP contribution >= 0.6 is 0 Å². The third-order valence-electron chi connectivity index (χ3n) is 3.60. The van der Waals surface area contributed by atoms with E-state index in [-0.39, 0.29) is 0 Å². The first-order chi connectivity index (χ1) is 9.15. The highest BCUT2D eigenvalue weighted by Gasteiger charge is 2.15. The van der Waals surface area contributed by atoms with Gasteiger partial charge in [-0.3, -0.25) is 0 Å². The van der Waals surface area contributed by atoms with Crippen molar-refractivity contribution in [1.29, 1.82) is 0 Å². The molecule has 1 saturated heterocycles. The summed E-state index contributed by atoms with van der Waals surface area (Å²) in [6.07, 6.45) is 4.96. The van der Waals surface area contributed by atoms with Gasteiger partial charge in [0.1, 0.15) is 0 Å². The van der Waals surface area contributed by atoms with E-state index in [0.29, 0.717) is 17.6 Å². The molecular weight excluding hydrogens is 240 g/mol. The van der Waals surface area contributed by atoms with Crippen molar-refractivity contribution in [1.82, 2.24) is 5.32 Å². The lowest BCUT2D eigenvalue weighted by Gasteiger charge is -2.27. The standard InChI is InChI=1S/C15H22N2O2/c1-11(10-14-4-2-3-9-16-14)17-13-7-5-12(6-8-13)15(18)19/h5-8,11,14,16-17H,2-4,9-10H2,1H3,(H,18,19). The Morgan fingerprint density at radius 2 is 2.16 bits per heavy atom. The van der Waals surface area contributed by atoms with E-state index in [0.717, 1.165) is 18.7 Å². The van der Waals surface area contributed by atoms with Gasteiger partial charge in [-0.05, 0) is 57.0 Å². The molecule has 1 aromatic carbocycles. The van der Waals surface area contributed by atoms with Crippen molar-refractivity contribution >= 4 is 11.7 Å². The van der Waals surface area contributed by atoms with E-state index in [2.05, 4.69) is 17.6 Å². The van der Waals surface area contributed by atoms with Crippen LogP contribution in [-0.2, 0) is 0 Å². The van der Waals surface area contributed by atoms with E-state index in [1.807, 2.05) is 12.1 Å². The van der Waals surface area contributed by atoms with Crippen molar-refractivity contribution < 1.29 is 9.90 Å². The van der Waals surface area contributed by atoms with E-state index in [4.69, 9.17) is 5.11 Å². The summed E-state index contributed by atoms with van der Waals surface area (Å²) in [6.45, 7) is 3.30. The first-order valence-corrected chi connectivity index (χ1v) is 6.98. The Morgan fingerprint density at radius 1 is 1.42 bits per heavy atom. The predicted octanol–water partition coefficient (Wildman–Crippen LogP) is 2.72. The molecule has 0 aromatic heterocycles. The first kappa shape index (κ1) is 13.9. The summed E-state index contributed by atoms with van der Waals surface area (Å²) in [5, 5.41) is 15.8. The summed E-state index contributed by atoms with van der Waals surface area (Å²) in [5.41, 5.74) is 1.31. The minimum absolute atomic E-state index is 0.326. The predicted molar refractivity (Wildman–Crippen MR) is 76.7 cm³/mol. The van der Waals surface area contributed by atoms with Crippen LogP contribution in [0.25, 0.3) is 0 Å². The molecule has 0 aliphatic carbocycles. The maximum atomic E-state index is 10.8. The Morgan fingerprint density at radius 3 is 2.74 bits per heavy atom. The van der Waals surface area contributed by atoms with Crippen molar-refractivity contribution in [2.75, 3.05) is 11.9 Å². The Labute approximate surface area is 114 Å². The third kappa shape index (κ3) is 4.24. The summed E-state index contributed by atoms with van der Waals surface area (Å²) >= 11 is 0. The molecule has 4 nitrogen and oxygen atoms in total. The van der Waals surface area contributed by atoms with Crippen LogP contribution < -0.4 is 10.6 Å². The van der Waals surface area contributed by atoms with Crippen molar-refractivity contribution in [3.8, 4) is 0 Å². The molecule has 1 aliphatic rings. The van der Waals surface area contributed by atoms with Crippen LogP contribution in [0.2, 0.25) is 0 Å². The molecule has 1 heterocycles. The smallest absolute Gasteiger partial charge is 0.335 e. The molecule has 0 radical (unpaired) electrons. The van der Waals surface area contributed by atoms with Crippen molar-refractivity contribution in [2.45, 2.75) is 44.7 Å². The highest BCUT2D eigenvalue weighted by Crippen LogP contribution is 2.16. The summed E-state index contributed by atoms with van der Waals surface area (Å²) in [5.74, 6) is -0.883. The minimum atomic E-state index is -0.883. The number of hydrogen-bond acceptors (Lipinski definition) is 3. The number of carbonyl (C=O) groups is 1. The van der Waals surface area contributed by atoms with E-state index < -0.39 is 5.97 Å². The molecule has 0 spiro atoms. The normalized spacial score (nSPS) is 20.8. The van der Waals surface area contributed by atoms with Crippen molar-refractivity contribution in [2.24, 2.45) is 0 Å². The molecule has 3 N–H and O–H groups in total. The zero-order valence-electron chi connectivity index (χ0n) is 11.4. The highest BCUT2D eigenvalue weighted by atomic mass is 16.4. The largest absolute Gasteiger partial charge is 0.478 e. The maximum Gasteiger partial charge on any atom is 0.335 e. The molecule has 1 fully saturated rings. The van der Waals surface area contributed by atoms with Gasteiger partial charge < -0.3 is 15.7 Å². The van der Waals surface area contributed by atoms with Gasteiger partial charge in [0.25, 0.3) is 0 Å². The minimum Gasteiger partial charge on any atom is -0.478 e. The molecule has 104 valence electrons. The van der Waals surface area contributed by atoms with Crippen LogP contribution in [-0.4, -0.2) is 29.7 Å². The van der Waals surface area contributed by atoms with E-state index in [1.54, 1.807) is 12.1 Å². The van der Waals surface area contributed by atoms with Gasteiger partial charge in [-0.25, -0.2) is 4.79 Å². The highest BCUT2D eigenvalue weighted by molar-refractivity contribution is 5.87. The second-order valence-corrected chi connectivity index (χ2v) is 5.31. The zero-order chi connectivity index (χ0) is 13.7. The maximum absolute atomic E-state index is 10.8. The van der Waals surface area contributed by atoms with Gasteiger partial charge in [0.05, 0.1) is 5.56 Å². The van der Waals surface area contributed by atoms with Crippen molar-refractivity contribution in [3.63, 3.8) is 0 Å². The van der Waals surface area contributed by atoms with Gasteiger partial charge in [0.15, 0.2) is 0 Å². The number of rotatable bonds is 5. The van der Waals surface area contributed by atoms with E-state index in [9.17, 15) is 4.79 Å². The number of carboxylic acids is 1. The van der Waals surface area contributed by atoms with Crippen LogP contribution in [0, 0.1) is 0 Å². The SMILES string of the molecule is CC(CC1CCCCN1)Nc1ccc(C(=O)O)cc1. The number of hydrogen-bond donors (Lipinski definition) is 3. The average Bonchev–Trinajstić information content (AvgIpc) is 2.40. The Bertz CT molecular complexity index is 411. The molecule has 1 aliphatic heterocycles. The van der Waals surface area contributed by atoms with Crippen LogP contribution in [0.5, 0.6) is 0 Å². The lowest BCUT2D eigenvalue weighted by atomic mass is 9.98. The van der Waals surface area contributed by atoms with Gasteiger partial charge in [0.2, 0.25) is 0 Å². The fourth-order valence-corrected chi connectivity index (χ4v) is 2.60. The second kappa shape index (κ2) is 6.57. The second-order valence-electron chi connectivity index (χ2n) is 5.31. The number of benzene rings is 1. The number of nitrogens with one attached hydrogen (secondary N) is 2. The molecule has 19 heavy (non-hydrogen) atoms. The van der Waals surface area contributed by atoms with Gasteiger partial charge in [-0.1, -0.05) is 6.42 Å². The van der Waals surface area contributed by atoms with E-state index >= 15 is 0 Å². The Kier molecular flexibility index (Phi) is 4.80. The lowest BCUT2D eigenvalue weighted by molar-refractivity contribution is 0.0697. The quantitative estimate of drug-likeness (QED) is 0.763. The topological polar surface area (TPSA) is 61.4 Å². The molecule has 2 rings (SSSR count). The number of piperidine rings is 1. The molecule has 0 bridgehead atoms. The molecule has 0 amide bonds. The lowest BCUT2D eigenvalue weighted by Crippen LogP contribution is -2.37. The molecule has 4 heteroatoms. The summed E-state index contributed by atoms with van der Waals surface area (Å²) < 4.78 is 0. The van der Waals surface area contributed by atoms with Crippen LogP contribution in [0.15, 0.2) is 24.3 Å². The van der Waals surface area contributed by atoms with Gasteiger partial charge in [-0.15, -0.1) is 0 Å². The Hall–Kier alpha value is -1.55. The van der Waals surface area contributed by atoms with Crippen LogP contribution in [0.3, 0.4) is 0 Å². The van der Waals surface area contributed by atoms with Gasteiger partial charge >= 0.3 is 5.97 Å². The van der Waals surface area contributed by atoms with Crippen LogP contribution in [0.1, 0.15) is 43.0 Å². The monoisotopic (exact) mass is 262 g/mol. The fraction of sp³-hybridized carbons (Fsp3) is 0.533. The van der Waals surface area contributed by atoms with Gasteiger partial charge in [0, 0.05) is 17.8 Å². The summed E-state index contributed by atoms with van der Waals surface area (Å²) in [4.78, 5) is 10.8. The number of carboxylic acid groups (broad SMARTS) is 1. The molecule has 2 unspecified atom stereocenters. The molecule has 1 aromatic rings. The zero-order valence-corrected chi connectivity index (χ0v) is 11.4. The van der Waals surface area contributed by atoms with E-state index in [1.165, 1.54) is 19.3 Å².